The van der Waals surface area contributed by atoms with E-state index in [9.17, 15) is 22.8 Å². The van der Waals surface area contributed by atoms with E-state index in [4.69, 9.17) is 0 Å². The van der Waals surface area contributed by atoms with Crippen molar-refractivity contribution in [3.05, 3.63) is 77.0 Å². The van der Waals surface area contributed by atoms with Crippen LogP contribution in [0.2, 0.25) is 0 Å². The van der Waals surface area contributed by atoms with Crippen LogP contribution in [0.5, 0.6) is 0 Å². The van der Waals surface area contributed by atoms with Gasteiger partial charge in [0.25, 0.3) is 11.8 Å². The molecule has 8 heteroatoms. The Bertz CT molecular complexity index is 1330. The molecule has 4 saturated carbocycles. The molecular formula is C28H26F3N3O2. The van der Waals surface area contributed by atoms with Crippen LogP contribution in [0.4, 0.5) is 13.2 Å². The van der Waals surface area contributed by atoms with Crippen LogP contribution in [-0.4, -0.2) is 16.8 Å². The van der Waals surface area contributed by atoms with Crippen molar-refractivity contribution >= 4 is 22.7 Å². The van der Waals surface area contributed by atoms with Gasteiger partial charge in [0, 0.05) is 10.9 Å². The molecule has 1 aromatic heterocycles. The molecule has 4 fully saturated rings. The fraction of sp³-hybridized carbons (Fsp3) is 0.393. The van der Waals surface area contributed by atoms with E-state index >= 15 is 0 Å². The average molecular weight is 494 g/mol. The van der Waals surface area contributed by atoms with Gasteiger partial charge in [-0.15, -0.1) is 0 Å². The van der Waals surface area contributed by atoms with Crippen LogP contribution in [-0.2, 0) is 11.6 Å². The van der Waals surface area contributed by atoms with Gasteiger partial charge in [-0.1, -0.05) is 24.3 Å². The molecule has 0 saturated heterocycles. The highest BCUT2D eigenvalue weighted by Crippen LogP contribution is 2.61. The second-order valence-electron chi connectivity index (χ2n) is 10.8. The van der Waals surface area contributed by atoms with Crippen LogP contribution in [0.3, 0.4) is 0 Å². The number of benzene rings is 2. The summed E-state index contributed by atoms with van der Waals surface area (Å²) in [6, 6.07) is 13.7. The van der Waals surface area contributed by atoms with E-state index in [1.54, 1.807) is 0 Å². The van der Waals surface area contributed by atoms with Crippen LogP contribution < -0.4 is 10.9 Å². The van der Waals surface area contributed by atoms with E-state index in [1.807, 2.05) is 24.3 Å². The van der Waals surface area contributed by atoms with Gasteiger partial charge in [-0.2, -0.15) is 13.2 Å². The molecule has 2 aromatic carbocycles. The zero-order chi connectivity index (χ0) is 25.1. The third-order valence-electron chi connectivity index (χ3n) is 8.30. The minimum atomic E-state index is -4.57. The van der Waals surface area contributed by atoms with E-state index in [1.165, 1.54) is 25.3 Å². The Morgan fingerprint density at radius 1 is 0.833 bits per heavy atom. The summed E-state index contributed by atoms with van der Waals surface area (Å²) in [4.78, 5) is 30.1. The van der Waals surface area contributed by atoms with Crippen molar-refractivity contribution in [1.82, 2.24) is 15.8 Å². The van der Waals surface area contributed by atoms with Crippen molar-refractivity contribution in [3.63, 3.8) is 0 Å². The average Bonchev–Trinajstić information content (AvgIpc) is 2.85. The molecule has 0 unspecified atom stereocenters. The Kier molecular flexibility index (Phi) is 5.32. The van der Waals surface area contributed by atoms with Gasteiger partial charge in [-0.3, -0.25) is 20.4 Å². The fourth-order valence-corrected chi connectivity index (χ4v) is 7.26. The Hall–Kier alpha value is -3.42. The Morgan fingerprint density at radius 2 is 1.47 bits per heavy atom. The molecule has 0 radical (unpaired) electrons. The summed E-state index contributed by atoms with van der Waals surface area (Å²) in [7, 11) is 0. The number of aromatic nitrogens is 1. The van der Waals surface area contributed by atoms with Crippen molar-refractivity contribution in [1.29, 1.82) is 0 Å². The standard InChI is InChI=1S/C28H26F3N3O2/c29-28(30,31)20-5-3-4-19(11-20)25(35)33-34-26(36)24-12-22(21-6-1-2-7-23(21)32-24)27-13-16-8-17(14-27)10-18(9-16)15-27/h1-7,11-12,16-18H,8-10,13-15H2,(H,33,35)(H,34,36). The summed E-state index contributed by atoms with van der Waals surface area (Å²) < 4.78 is 39.0. The second kappa shape index (κ2) is 8.32. The van der Waals surface area contributed by atoms with Gasteiger partial charge in [-0.25, -0.2) is 4.98 Å². The molecule has 4 bridgehead atoms. The highest BCUT2D eigenvalue weighted by atomic mass is 19.4. The largest absolute Gasteiger partial charge is 0.416 e. The number of amides is 2. The smallest absolute Gasteiger partial charge is 0.267 e. The molecule has 4 aliphatic carbocycles. The summed E-state index contributed by atoms with van der Waals surface area (Å²) in [6.45, 7) is 0. The van der Waals surface area contributed by atoms with Gasteiger partial charge >= 0.3 is 6.18 Å². The van der Waals surface area contributed by atoms with Crippen molar-refractivity contribution in [2.75, 3.05) is 0 Å². The highest BCUT2D eigenvalue weighted by Gasteiger charge is 2.52. The lowest BCUT2D eigenvalue weighted by Gasteiger charge is -2.57. The van der Waals surface area contributed by atoms with E-state index in [-0.39, 0.29) is 16.7 Å². The van der Waals surface area contributed by atoms with Crippen LogP contribution >= 0.6 is 0 Å². The number of fused-ring (bicyclic) bond motifs is 1. The van der Waals surface area contributed by atoms with Crippen LogP contribution in [0.25, 0.3) is 10.9 Å². The summed E-state index contributed by atoms with van der Waals surface area (Å²) >= 11 is 0. The lowest BCUT2D eigenvalue weighted by molar-refractivity contribution is -0.137. The minimum Gasteiger partial charge on any atom is -0.267 e. The summed E-state index contributed by atoms with van der Waals surface area (Å²) in [5.41, 5.74) is 5.53. The number of nitrogens with one attached hydrogen (secondary N) is 2. The first-order valence-corrected chi connectivity index (χ1v) is 12.4. The van der Waals surface area contributed by atoms with Crippen molar-refractivity contribution < 1.29 is 22.8 Å². The Morgan fingerprint density at radius 3 is 2.14 bits per heavy atom. The number of carbonyl (C=O) groups excluding carboxylic acids is 2. The lowest BCUT2D eigenvalue weighted by Crippen LogP contribution is -2.48. The third-order valence-corrected chi connectivity index (χ3v) is 8.30. The molecule has 2 amide bonds. The normalized spacial score (nSPS) is 26.7. The number of para-hydroxylation sites is 1. The summed E-state index contributed by atoms with van der Waals surface area (Å²) in [5.74, 6) is 0.746. The Labute approximate surface area is 206 Å². The molecule has 0 aliphatic heterocycles. The van der Waals surface area contributed by atoms with E-state index in [0.29, 0.717) is 0 Å². The first-order chi connectivity index (χ1) is 17.2. The second-order valence-corrected chi connectivity index (χ2v) is 10.8. The van der Waals surface area contributed by atoms with Crippen molar-refractivity contribution in [2.24, 2.45) is 17.8 Å². The first kappa shape index (κ1) is 23.0. The number of alkyl halides is 3. The quantitative estimate of drug-likeness (QED) is 0.454. The molecule has 0 spiro atoms. The number of pyridine rings is 1. The van der Waals surface area contributed by atoms with Gasteiger partial charge < -0.3 is 0 Å². The van der Waals surface area contributed by atoms with E-state index in [0.717, 1.165) is 71.7 Å². The molecule has 7 rings (SSSR count). The predicted molar refractivity (Wildman–Crippen MR) is 128 cm³/mol. The van der Waals surface area contributed by atoms with Crippen molar-refractivity contribution in [2.45, 2.75) is 50.1 Å². The molecule has 5 nitrogen and oxygen atoms in total. The number of halogens is 3. The maximum absolute atomic E-state index is 13.1. The topological polar surface area (TPSA) is 71.1 Å². The van der Waals surface area contributed by atoms with Crippen LogP contribution in [0, 0.1) is 17.8 Å². The van der Waals surface area contributed by atoms with Crippen LogP contribution in [0.1, 0.15) is 70.5 Å². The maximum Gasteiger partial charge on any atom is 0.416 e. The SMILES string of the molecule is O=C(NNC(=O)c1cc(C23CC4CC(CC(C4)C2)C3)c2ccccc2n1)c1cccc(C(F)(F)F)c1. The van der Waals surface area contributed by atoms with E-state index < -0.39 is 23.6 Å². The number of hydrazine groups is 1. The van der Waals surface area contributed by atoms with Gasteiger partial charge in [0.05, 0.1) is 11.1 Å². The maximum atomic E-state index is 13.1. The first-order valence-electron chi connectivity index (χ1n) is 12.4. The number of rotatable bonds is 3. The molecule has 4 aliphatic rings. The molecule has 186 valence electrons. The summed E-state index contributed by atoms with van der Waals surface area (Å²) in [6.07, 6.45) is 2.72. The monoisotopic (exact) mass is 493 g/mol. The zero-order valence-electron chi connectivity index (χ0n) is 19.6. The number of hydrogen-bond donors (Lipinski definition) is 2. The molecule has 1 heterocycles. The number of carbonyl (C=O) groups is 2. The Balaban J connectivity index is 1.27. The third kappa shape index (κ3) is 4.02. The van der Waals surface area contributed by atoms with Crippen molar-refractivity contribution in [3.8, 4) is 0 Å². The van der Waals surface area contributed by atoms with E-state index in [2.05, 4.69) is 21.9 Å². The summed E-state index contributed by atoms with van der Waals surface area (Å²) in [5, 5.41) is 1.06. The zero-order valence-corrected chi connectivity index (χ0v) is 19.6. The highest BCUT2D eigenvalue weighted by molar-refractivity contribution is 6.00. The number of nitrogens with zero attached hydrogens (tertiary/aromatic N) is 1. The van der Waals surface area contributed by atoms with Crippen LogP contribution in [0.15, 0.2) is 54.6 Å². The lowest BCUT2D eigenvalue weighted by atomic mass is 9.48. The molecule has 3 aromatic rings. The predicted octanol–water partition coefficient (Wildman–Crippen LogP) is 5.80. The minimum absolute atomic E-state index is 0.0353. The molecular weight excluding hydrogens is 467 g/mol. The fourth-order valence-electron chi connectivity index (χ4n) is 7.26. The van der Waals surface area contributed by atoms with Gasteiger partial charge in [0.2, 0.25) is 0 Å². The van der Waals surface area contributed by atoms with Gasteiger partial charge in [-0.05, 0) is 97.6 Å². The molecule has 2 N–H and O–H groups in total. The molecule has 0 atom stereocenters. The van der Waals surface area contributed by atoms with Gasteiger partial charge in [0.1, 0.15) is 5.69 Å². The van der Waals surface area contributed by atoms with Gasteiger partial charge in [0.15, 0.2) is 0 Å². The molecule has 36 heavy (non-hydrogen) atoms. The number of hydrogen-bond acceptors (Lipinski definition) is 3.